The highest BCUT2D eigenvalue weighted by atomic mass is 16.5. The van der Waals surface area contributed by atoms with Crippen LogP contribution in [0.1, 0.15) is 49.1 Å². The van der Waals surface area contributed by atoms with Gasteiger partial charge in [-0.3, -0.25) is 4.79 Å². The Hall–Kier alpha value is -3.09. The normalized spacial score (nSPS) is 14.2. The second kappa shape index (κ2) is 8.96. The van der Waals surface area contributed by atoms with Crippen molar-refractivity contribution in [2.75, 3.05) is 14.2 Å². The van der Waals surface area contributed by atoms with E-state index >= 15 is 0 Å². The van der Waals surface area contributed by atoms with E-state index in [1.807, 2.05) is 42.6 Å². The number of nitrogens with zero attached hydrogens (tertiary/aromatic N) is 3. The van der Waals surface area contributed by atoms with E-state index in [2.05, 4.69) is 5.32 Å². The lowest BCUT2D eigenvalue weighted by atomic mass is 10.1. The van der Waals surface area contributed by atoms with E-state index in [0.717, 1.165) is 46.7 Å². The Morgan fingerprint density at radius 2 is 1.77 bits per heavy atom. The summed E-state index contributed by atoms with van der Waals surface area (Å²) in [6.45, 7) is 4.04. The van der Waals surface area contributed by atoms with Crippen LogP contribution < -0.4 is 14.8 Å². The Labute approximate surface area is 182 Å². The van der Waals surface area contributed by atoms with Gasteiger partial charge in [-0.2, -0.15) is 5.10 Å². The number of carbonyl (C=O) groups is 1. The lowest BCUT2D eigenvalue weighted by Gasteiger charge is -2.13. The van der Waals surface area contributed by atoms with Gasteiger partial charge in [0.2, 0.25) is 5.91 Å². The molecular weight excluding hydrogens is 392 g/mol. The lowest BCUT2D eigenvalue weighted by Crippen LogP contribution is -2.32. The van der Waals surface area contributed by atoms with Crippen LogP contribution in [-0.4, -0.2) is 40.8 Å². The molecule has 0 atom stereocenters. The molecule has 0 bridgehead atoms. The highest BCUT2D eigenvalue weighted by molar-refractivity contribution is 5.76. The molecule has 0 radical (unpaired) electrons. The summed E-state index contributed by atoms with van der Waals surface area (Å²) in [5, 5.41) is 7.95. The van der Waals surface area contributed by atoms with Crippen molar-refractivity contribution in [2.45, 2.75) is 58.4 Å². The summed E-state index contributed by atoms with van der Waals surface area (Å²) >= 11 is 0. The number of nitrogens with one attached hydrogen (secondary N) is 1. The van der Waals surface area contributed by atoms with Gasteiger partial charge >= 0.3 is 0 Å². The number of ether oxygens (including phenoxy) is 2. The van der Waals surface area contributed by atoms with Crippen molar-refractivity contribution in [3.05, 3.63) is 41.2 Å². The molecule has 1 saturated carbocycles. The van der Waals surface area contributed by atoms with Gasteiger partial charge in [-0.25, -0.2) is 9.50 Å². The van der Waals surface area contributed by atoms with Crippen LogP contribution in [0.2, 0.25) is 0 Å². The summed E-state index contributed by atoms with van der Waals surface area (Å²) in [5.74, 6) is 1.54. The maximum Gasteiger partial charge on any atom is 0.220 e. The van der Waals surface area contributed by atoms with E-state index in [0.29, 0.717) is 30.4 Å². The van der Waals surface area contributed by atoms with Crippen molar-refractivity contribution in [1.29, 1.82) is 0 Å². The van der Waals surface area contributed by atoms with Crippen LogP contribution in [0.5, 0.6) is 11.5 Å². The fraction of sp³-hybridized carbons (Fsp3) is 0.458. The number of carbonyl (C=O) groups excluding carboxylic acids is 1. The summed E-state index contributed by atoms with van der Waals surface area (Å²) in [5.41, 5.74) is 5.50. The van der Waals surface area contributed by atoms with Gasteiger partial charge in [0.15, 0.2) is 5.65 Å². The molecular formula is C24H30N4O3. The number of aryl methyl sites for hydroxylation is 2. The van der Waals surface area contributed by atoms with Crippen LogP contribution >= 0.6 is 0 Å². The van der Waals surface area contributed by atoms with Crippen molar-refractivity contribution in [3.8, 4) is 22.8 Å². The molecule has 0 saturated heterocycles. The number of fused-ring (bicyclic) bond motifs is 1. The van der Waals surface area contributed by atoms with Gasteiger partial charge in [-0.15, -0.1) is 0 Å². The predicted octanol–water partition coefficient (Wildman–Crippen LogP) is 4.02. The van der Waals surface area contributed by atoms with Gasteiger partial charge in [0.25, 0.3) is 0 Å². The van der Waals surface area contributed by atoms with Crippen LogP contribution in [0.15, 0.2) is 24.3 Å². The largest absolute Gasteiger partial charge is 0.497 e. The average Bonchev–Trinajstić information content (AvgIpc) is 3.43. The molecule has 7 heteroatoms. The number of methoxy groups -OCH3 is 2. The first-order valence-electron chi connectivity index (χ1n) is 10.9. The second-order valence-corrected chi connectivity index (χ2v) is 8.21. The SMILES string of the molecule is COc1cc(OC)cc(-c2cc3nc(C)c(CCC(=O)NC4CCCC4)c(C)n3n2)c1. The third-order valence-corrected chi connectivity index (χ3v) is 6.13. The first-order valence-corrected chi connectivity index (χ1v) is 10.9. The van der Waals surface area contributed by atoms with Gasteiger partial charge in [0.1, 0.15) is 11.5 Å². The molecule has 4 rings (SSSR count). The van der Waals surface area contributed by atoms with E-state index < -0.39 is 0 Å². The van der Waals surface area contributed by atoms with E-state index in [-0.39, 0.29) is 5.91 Å². The second-order valence-electron chi connectivity index (χ2n) is 8.21. The molecule has 1 aliphatic carbocycles. The smallest absolute Gasteiger partial charge is 0.220 e. The number of rotatable bonds is 7. The van der Waals surface area contributed by atoms with Crippen molar-refractivity contribution >= 4 is 11.6 Å². The van der Waals surface area contributed by atoms with Gasteiger partial charge in [-0.05, 0) is 50.8 Å². The van der Waals surface area contributed by atoms with E-state index in [1.54, 1.807) is 14.2 Å². The minimum absolute atomic E-state index is 0.121. The molecule has 31 heavy (non-hydrogen) atoms. The van der Waals surface area contributed by atoms with Crippen molar-refractivity contribution in [2.24, 2.45) is 0 Å². The quantitative estimate of drug-likeness (QED) is 0.622. The maximum absolute atomic E-state index is 12.4. The first kappa shape index (κ1) is 21.2. The molecule has 0 unspecified atom stereocenters. The van der Waals surface area contributed by atoms with E-state index in [1.165, 1.54) is 12.8 Å². The third kappa shape index (κ3) is 4.50. The van der Waals surface area contributed by atoms with Crippen LogP contribution in [0.25, 0.3) is 16.9 Å². The number of aromatic nitrogens is 3. The van der Waals surface area contributed by atoms with Gasteiger partial charge in [-0.1, -0.05) is 12.8 Å². The zero-order chi connectivity index (χ0) is 22.0. The molecule has 2 aromatic heterocycles. The summed E-state index contributed by atoms with van der Waals surface area (Å²) in [6.07, 6.45) is 5.74. The van der Waals surface area contributed by atoms with Gasteiger partial charge in [0, 0.05) is 41.5 Å². The Balaban J connectivity index is 1.59. The molecule has 1 fully saturated rings. The highest BCUT2D eigenvalue weighted by Gasteiger charge is 2.19. The summed E-state index contributed by atoms with van der Waals surface area (Å²) in [7, 11) is 3.26. The summed E-state index contributed by atoms with van der Waals surface area (Å²) in [4.78, 5) is 17.1. The Bertz CT molecular complexity index is 1080. The topological polar surface area (TPSA) is 77.8 Å². The van der Waals surface area contributed by atoms with Gasteiger partial charge < -0.3 is 14.8 Å². The number of amides is 1. The zero-order valence-corrected chi connectivity index (χ0v) is 18.7. The lowest BCUT2D eigenvalue weighted by molar-refractivity contribution is -0.121. The summed E-state index contributed by atoms with van der Waals surface area (Å²) in [6, 6.07) is 8.01. The Kier molecular flexibility index (Phi) is 6.11. The van der Waals surface area contributed by atoms with Crippen LogP contribution in [0.3, 0.4) is 0 Å². The Morgan fingerprint density at radius 3 is 2.42 bits per heavy atom. The molecule has 0 aliphatic heterocycles. The minimum atomic E-state index is 0.121. The van der Waals surface area contributed by atoms with Crippen LogP contribution in [0.4, 0.5) is 0 Å². The highest BCUT2D eigenvalue weighted by Crippen LogP contribution is 2.30. The van der Waals surface area contributed by atoms with Crippen molar-refractivity contribution in [1.82, 2.24) is 19.9 Å². The Morgan fingerprint density at radius 1 is 1.10 bits per heavy atom. The van der Waals surface area contributed by atoms with Gasteiger partial charge in [0.05, 0.1) is 19.9 Å². The average molecular weight is 423 g/mol. The molecule has 1 aromatic carbocycles. The number of hydrogen-bond donors (Lipinski definition) is 1. The molecule has 1 N–H and O–H groups in total. The molecule has 1 aliphatic rings. The first-order chi connectivity index (χ1) is 15.0. The molecule has 3 aromatic rings. The zero-order valence-electron chi connectivity index (χ0n) is 18.7. The predicted molar refractivity (Wildman–Crippen MR) is 120 cm³/mol. The number of benzene rings is 1. The molecule has 2 heterocycles. The van der Waals surface area contributed by atoms with Crippen LogP contribution in [-0.2, 0) is 11.2 Å². The minimum Gasteiger partial charge on any atom is -0.497 e. The molecule has 1 amide bonds. The standard InChI is InChI=1S/C24H30N4O3/c1-15-21(9-10-24(29)26-18-7-5-6-8-18)16(2)28-23(25-15)14-22(27-28)17-11-19(30-3)13-20(12-17)31-4/h11-14,18H,5-10H2,1-4H3,(H,26,29). The number of hydrogen-bond acceptors (Lipinski definition) is 5. The van der Waals surface area contributed by atoms with Crippen molar-refractivity contribution < 1.29 is 14.3 Å². The fourth-order valence-electron chi connectivity index (χ4n) is 4.39. The molecule has 164 valence electrons. The van der Waals surface area contributed by atoms with Crippen LogP contribution in [0, 0.1) is 13.8 Å². The monoisotopic (exact) mass is 422 g/mol. The van der Waals surface area contributed by atoms with E-state index in [9.17, 15) is 4.79 Å². The molecule has 7 nitrogen and oxygen atoms in total. The third-order valence-electron chi connectivity index (χ3n) is 6.13. The maximum atomic E-state index is 12.4. The van der Waals surface area contributed by atoms with E-state index in [4.69, 9.17) is 19.6 Å². The summed E-state index contributed by atoms with van der Waals surface area (Å²) < 4.78 is 12.6. The van der Waals surface area contributed by atoms with Crippen molar-refractivity contribution in [3.63, 3.8) is 0 Å². The molecule has 0 spiro atoms. The fourth-order valence-corrected chi connectivity index (χ4v) is 4.39.